The summed E-state index contributed by atoms with van der Waals surface area (Å²) in [6.45, 7) is 16.1. The predicted octanol–water partition coefficient (Wildman–Crippen LogP) is 1.43. The van der Waals surface area contributed by atoms with E-state index in [0.29, 0.717) is 45.6 Å². The number of ether oxygens (including phenoxy) is 3. The fourth-order valence-corrected chi connectivity index (χ4v) is 5.34. The molecule has 0 bridgehead atoms. The lowest BCUT2D eigenvalue weighted by Gasteiger charge is -2.39. The first-order valence-electron chi connectivity index (χ1n) is 13.3. The lowest BCUT2D eigenvalue weighted by molar-refractivity contribution is -0.165. The van der Waals surface area contributed by atoms with Crippen LogP contribution in [0.4, 0.5) is 4.79 Å². The van der Waals surface area contributed by atoms with Crippen molar-refractivity contribution in [2.75, 3.05) is 85.2 Å². The Labute approximate surface area is 209 Å². The van der Waals surface area contributed by atoms with Gasteiger partial charge in [-0.25, -0.2) is 4.79 Å². The summed E-state index contributed by atoms with van der Waals surface area (Å²) in [5.74, 6) is -0.677. The highest BCUT2D eigenvalue weighted by Crippen LogP contribution is 2.37. The summed E-state index contributed by atoms with van der Waals surface area (Å²) in [4.78, 5) is 46.2. The van der Waals surface area contributed by atoms with Crippen LogP contribution in [0.15, 0.2) is 0 Å². The van der Waals surface area contributed by atoms with Gasteiger partial charge in [-0.15, -0.1) is 0 Å². The first-order chi connectivity index (χ1) is 16.9. The number of amides is 1. The van der Waals surface area contributed by atoms with E-state index in [2.05, 4.69) is 21.6 Å². The molecule has 200 valence electrons. The Morgan fingerprint density at radius 3 is 2.20 bits per heavy atom. The number of likely N-dealkylation sites (tertiary alicyclic amines) is 1. The number of carbonyl (C=O) groups excluding carboxylic acids is 3. The second kappa shape index (κ2) is 13.4. The Morgan fingerprint density at radius 2 is 1.57 bits per heavy atom. The van der Waals surface area contributed by atoms with Gasteiger partial charge in [0.1, 0.15) is 6.10 Å². The molecular formula is C25H44N4O6. The number of hydrogen-bond acceptors (Lipinski definition) is 9. The van der Waals surface area contributed by atoms with Gasteiger partial charge >= 0.3 is 18.0 Å². The van der Waals surface area contributed by atoms with Crippen LogP contribution in [0.3, 0.4) is 0 Å². The summed E-state index contributed by atoms with van der Waals surface area (Å²) < 4.78 is 16.1. The minimum atomic E-state index is -0.834. The van der Waals surface area contributed by atoms with Crippen LogP contribution in [0.2, 0.25) is 0 Å². The fraction of sp³-hybridized carbons (Fsp3) is 0.880. The highest BCUT2D eigenvalue weighted by molar-refractivity contribution is 5.83. The molecule has 0 spiro atoms. The molecule has 0 aliphatic carbocycles. The SMILES string of the molecule is CCOC(=O)CC1(C(=O)OCC)CCN(CC2CN(CCCN3CCN(CC)CC3)C(=O)O2)CC1. The van der Waals surface area contributed by atoms with E-state index in [1.54, 1.807) is 13.8 Å². The summed E-state index contributed by atoms with van der Waals surface area (Å²) in [6.07, 6.45) is 1.66. The number of piperidine rings is 1. The summed E-state index contributed by atoms with van der Waals surface area (Å²) in [7, 11) is 0. The van der Waals surface area contributed by atoms with Crippen LogP contribution < -0.4 is 0 Å². The summed E-state index contributed by atoms with van der Waals surface area (Å²) in [5, 5.41) is 0. The van der Waals surface area contributed by atoms with E-state index in [9.17, 15) is 14.4 Å². The van der Waals surface area contributed by atoms with E-state index in [1.807, 2.05) is 4.90 Å². The Bertz CT molecular complexity index is 704. The smallest absolute Gasteiger partial charge is 0.410 e. The molecule has 0 aromatic carbocycles. The minimum Gasteiger partial charge on any atom is -0.466 e. The quantitative estimate of drug-likeness (QED) is 0.294. The third-order valence-electron chi connectivity index (χ3n) is 7.54. The third kappa shape index (κ3) is 7.79. The van der Waals surface area contributed by atoms with E-state index in [0.717, 1.165) is 52.2 Å². The molecule has 10 heteroatoms. The number of esters is 2. The zero-order valence-electron chi connectivity index (χ0n) is 21.8. The summed E-state index contributed by atoms with van der Waals surface area (Å²) in [5.41, 5.74) is -0.834. The maximum absolute atomic E-state index is 12.7. The van der Waals surface area contributed by atoms with Gasteiger partial charge in [-0.3, -0.25) is 14.5 Å². The average Bonchev–Trinajstić information content (AvgIpc) is 3.19. The molecule has 0 aromatic heterocycles. The lowest BCUT2D eigenvalue weighted by Crippen LogP contribution is -2.48. The lowest BCUT2D eigenvalue weighted by atomic mass is 9.75. The number of hydrogen-bond donors (Lipinski definition) is 0. The Kier molecular flexibility index (Phi) is 10.6. The van der Waals surface area contributed by atoms with Gasteiger partial charge < -0.3 is 28.9 Å². The number of likely N-dealkylation sites (N-methyl/N-ethyl adjacent to an activating group) is 1. The molecule has 1 unspecified atom stereocenters. The third-order valence-corrected chi connectivity index (χ3v) is 7.54. The molecule has 1 atom stereocenters. The van der Waals surface area contributed by atoms with Crippen molar-refractivity contribution in [1.82, 2.24) is 19.6 Å². The number of nitrogens with zero attached hydrogens (tertiary/aromatic N) is 4. The van der Waals surface area contributed by atoms with E-state index in [-0.39, 0.29) is 37.2 Å². The van der Waals surface area contributed by atoms with E-state index in [4.69, 9.17) is 14.2 Å². The Hall–Kier alpha value is -1.91. The molecule has 3 aliphatic heterocycles. The van der Waals surface area contributed by atoms with Crippen LogP contribution in [0.5, 0.6) is 0 Å². The second-order valence-electron chi connectivity index (χ2n) is 9.86. The van der Waals surface area contributed by atoms with Gasteiger partial charge in [0.2, 0.25) is 0 Å². The topological polar surface area (TPSA) is 91.9 Å². The van der Waals surface area contributed by atoms with Crippen molar-refractivity contribution in [2.24, 2.45) is 5.41 Å². The molecule has 10 nitrogen and oxygen atoms in total. The monoisotopic (exact) mass is 496 g/mol. The molecular weight excluding hydrogens is 452 g/mol. The Morgan fingerprint density at radius 1 is 0.914 bits per heavy atom. The molecule has 3 saturated heterocycles. The summed E-state index contributed by atoms with van der Waals surface area (Å²) in [6, 6.07) is 0. The van der Waals surface area contributed by atoms with Crippen LogP contribution in [0.25, 0.3) is 0 Å². The standard InChI is InChI=1S/C25H44N4O6/c1-4-26-14-16-27(17-15-26)10-7-11-29-20-21(35-24(29)32)19-28-12-8-25(9-13-28,23(31)34-6-3)18-22(30)33-5-2/h21H,4-20H2,1-3H3. The number of piperazine rings is 1. The number of cyclic esters (lactones) is 1. The molecule has 3 fully saturated rings. The average molecular weight is 497 g/mol. The van der Waals surface area contributed by atoms with Crippen molar-refractivity contribution in [3.8, 4) is 0 Å². The van der Waals surface area contributed by atoms with Gasteiger partial charge in [-0.2, -0.15) is 0 Å². The largest absolute Gasteiger partial charge is 0.466 e. The van der Waals surface area contributed by atoms with Crippen molar-refractivity contribution in [3.63, 3.8) is 0 Å². The molecule has 1 amide bonds. The zero-order chi connectivity index (χ0) is 25.3. The highest BCUT2D eigenvalue weighted by Gasteiger charge is 2.45. The molecule has 0 radical (unpaired) electrons. The van der Waals surface area contributed by atoms with Gasteiger partial charge in [-0.05, 0) is 59.3 Å². The maximum Gasteiger partial charge on any atom is 0.410 e. The maximum atomic E-state index is 12.7. The number of rotatable bonds is 12. The van der Waals surface area contributed by atoms with Gasteiger partial charge in [0.05, 0.1) is 31.6 Å². The van der Waals surface area contributed by atoms with Crippen molar-refractivity contribution in [1.29, 1.82) is 0 Å². The summed E-state index contributed by atoms with van der Waals surface area (Å²) >= 11 is 0. The van der Waals surface area contributed by atoms with Crippen LogP contribution in [0.1, 0.15) is 46.5 Å². The van der Waals surface area contributed by atoms with Crippen LogP contribution in [-0.2, 0) is 23.8 Å². The number of carbonyl (C=O) groups is 3. The molecule has 3 rings (SSSR count). The second-order valence-corrected chi connectivity index (χ2v) is 9.86. The molecule has 0 aromatic rings. The van der Waals surface area contributed by atoms with Crippen LogP contribution >= 0.6 is 0 Å². The van der Waals surface area contributed by atoms with Crippen molar-refractivity contribution < 1.29 is 28.6 Å². The normalized spacial score (nSPS) is 23.8. The van der Waals surface area contributed by atoms with E-state index in [1.165, 1.54) is 0 Å². The molecule has 3 aliphatic rings. The molecule has 35 heavy (non-hydrogen) atoms. The first-order valence-corrected chi connectivity index (χ1v) is 13.3. The van der Waals surface area contributed by atoms with Gasteiger partial charge in [0.15, 0.2) is 0 Å². The molecule has 0 N–H and O–H groups in total. The minimum absolute atomic E-state index is 0.0488. The fourth-order valence-electron chi connectivity index (χ4n) is 5.34. The van der Waals surface area contributed by atoms with Crippen molar-refractivity contribution in [3.05, 3.63) is 0 Å². The van der Waals surface area contributed by atoms with Crippen molar-refractivity contribution in [2.45, 2.75) is 52.6 Å². The van der Waals surface area contributed by atoms with Gasteiger partial charge in [-0.1, -0.05) is 6.92 Å². The molecule has 3 heterocycles. The van der Waals surface area contributed by atoms with Gasteiger partial charge in [0.25, 0.3) is 0 Å². The van der Waals surface area contributed by atoms with E-state index < -0.39 is 5.41 Å². The van der Waals surface area contributed by atoms with Crippen molar-refractivity contribution >= 4 is 18.0 Å². The predicted molar refractivity (Wildman–Crippen MR) is 131 cm³/mol. The molecule has 0 saturated carbocycles. The van der Waals surface area contributed by atoms with E-state index >= 15 is 0 Å². The van der Waals surface area contributed by atoms with Crippen LogP contribution in [-0.4, -0.2) is 129 Å². The Balaban J connectivity index is 1.41. The highest BCUT2D eigenvalue weighted by atomic mass is 16.6. The zero-order valence-corrected chi connectivity index (χ0v) is 21.8. The first kappa shape index (κ1) is 27.7. The van der Waals surface area contributed by atoms with Crippen LogP contribution in [0, 0.1) is 5.41 Å². The van der Waals surface area contributed by atoms with Gasteiger partial charge in [0, 0.05) is 39.3 Å².